The first kappa shape index (κ1) is 22.2. The summed E-state index contributed by atoms with van der Waals surface area (Å²) >= 11 is 0. The molecule has 4 N–H and O–H groups in total. The van der Waals surface area contributed by atoms with Crippen LogP contribution in [0.5, 0.6) is 0 Å². The molecular formula is C27H40FN3O. The number of fused-ring (bicyclic) bond motifs is 5. The molecule has 32 heavy (non-hydrogen) atoms. The SMILES string of the molecule is CC1CCC2C(CCC3C2CCC2(C)C(C(=O)CN(N)c4cccc(F)c4N)CCC32)C1. The molecule has 4 nitrogen and oxygen atoms in total. The monoisotopic (exact) mass is 441 g/mol. The average molecular weight is 442 g/mol. The van der Waals surface area contributed by atoms with E-state index in [1.54, 1.807) is 12.1 Å². The predicted octanol–water partition coefficient (Wildman–Crippen LogP) is 5.56. The zero-order valence-corrected chi connectivity index (χ0v) is 19.7. The normalized spacial score (nSPS) is 40.8. The number of carbonyl (C=O) groups is 1. The molecule has 4 saturated carbocycles. The van der Waals surface area contributed by atoms with Crippen LogP contribution in [0.1, 0.15) is 71.6 Å². The summed E-state index contributed by atoms with van der Waals surface area (Å²) in [6.07, 6.45) is 11.6. The third kappa shape index (κ3) is 3.55. The first-order chi connectivity index (χ1) is 15.3. The lowest BCUT2D eigenvalue weighted by Crippen LogP contribution is -2.50. The molecule has 0 aliphatic heterocycles. The number of nitrogens with two attached hydrogens (primary N) is 2. The summed E-state index contributed by atoms with van der Waals surface area (Å²) < 4.78 is 13.9. The lowest BCUT2D eigenvalue weighted by atomic mass is 9.49. The van der Waals surface area contributed by atoms with Gasteiger partial charge >= 0.3 is 0 Å². The van der Waals surface area contributed by atoms with Crippen LogP contribution in [0.3, 0.4) is 0 Å². The van der Waals surface area contributed by atoms with Gasteiger partial charge in [-0.15, -0.1) is 0 Å². The van der Waals surface area contributed by atoms with E-state index in [1.165, 1.54) is 62.4 Å². The molecule has 0 amide bonds. The van der Waals surface area contributed by atoms with Crippen molar-refractivity contribution in [3.8, 4) is 0 Å². The number of nitrogen functional groups attached to an aromatic ring is 1. The Kier molecular flexibility index (Phi) is 5.76. The fraction of sp³-hybridized carbons (Fsp3) is 0.741. The largest absolute Gasteiger partial charge is 0.395 e. The second kappa shape index (κ2) is 8.30. The second-order valence-corrected chi connectivity index (χ2v) is 11.8. The highest BCUT2D eigenvalue weighted by molar-refractivity contribution is 5.87. The molecule has 176 valence electrons. The Morgan fingerprint density at radius 1 is 1.09 bits per heavy atom. The molecule has 8 unspecified atom stereocenters. The van der Waals surface area contributed by atoms with Gasteiger partial charge in [0.25, 0.3) is 0 Å². The summed E-state index contributed by atoms with van der Waals surface area (Å²) in [6, 6.07) is 4.58. The molecule has 0 bridgehead atoms. The highest BCUT2D eigenvalue weighted by atomic mass is 19.1. The maximum absolute atomic E-state index is 13.9. The number of hydrogen-bond acceptors (Lipinski definition) is 4. The second-order valence-electron chi connectivity index (χ2n) is 11.8. The van der Waals surface area contributed by atoms with E-state index in [9.17, 15) is 9.18 Å². The van der Waals surface area contributed by atoms with Crippen LogP contribution in [-0.4, -0.2) is 12.3 Å². The van der Waals surface area contributed by atoms with Gasteiger partial charge in [-0.25, -0.2) is 10.2 Å². The molecular weight excluding hydrogens is 401 g/mol. The highest BCUT2D eigenvalue weighted by Gasteiger charge is 2.58. The highest BCUT2D eigenvalue weighted by Crippen LogP contribution is 2.64. The van der Waals surface area contributed by atoms with Crippen molar-refractivity contribution in [1.29, 1.82) is 0 Å². The van der Waals surface area contributed by atoms with E-state index in [0.29, 0.717) is 11.6 Å². The third-order valence-electron chi connectivity index (χ3n) is 10.3. The fourth-order valence-corrected chi connectivity index (χ4v) is 8.76. The van der Waals surface area contributed by atoms with Crippen LogP contribution in [0.4, 0.5) is 15.8 Å². The number of benzene rings is 1. The molecule has 0 radical (unpaired) electrons. The number of Topliss-reactive ketones (excluding diaryl/α,β-unsaturated/α-hetero) is 1. The quantitative estimate of drug-likeness (QED) is 0.364. The van der Waals surface area contributed by atoms with Crippen LogP contribution < -0.4 is 16.6 Å². The molecule has 4 fully saturated rings. The number of para-hydroxylation sites is 1. The minimum absolute atomic E-state index is 0.0115. The van der Waals surface area contributed by atoms with Crippen molar-refractivity contribution >= 4 is 17.2 Å². The molecule has 5 heteroatoms. The van der Waals surface area contributed by atoms with Crippen LogP contribution >= 0.6 is 0 Å². The molecule has 4 aliphatic carbocycles. The lowest BCUT2D eigenvalue weighted by Gasteiger charge is -2.56. The van der Waals surface area contributed by atoms with Crippen LogP contribution in [0, 0.1) is 52.7 Å². The Morgan fingerprint density at radius 3 is 2.69 bits per heavy atom. The van der Waals surface area contributed by atoms with Gasteiger partial charge in [0.15, 0.2) is 5.78 Å². The van der Waals surface area contributed by atoms with Gasteiger partial charge in [0.2, 0.25) is 0 Å². The summed E-state index contributed by atoms with van der Waals surface area (Å²) in [5, 5.41) is 1.34. The lowest BCUT2D eigenvalue weighted by molar-refractivity contribution is -0.129. The molecule has 0 aromatic heterocycles. The van der Waals surface area contributed by atoms with Crippen molar-refractivity contribution in [3.63, 3.8) is 0 Å². The molecule has 0 heterocycles. The van der Waals surface area contributed by atoms with Crippen molar-refractivity contribution < 1.29 is 9.18 Å². The van der Waals surface area contributed by atoms with Crippen LogP contribution in [0.15, 0.2) is 18.2 Å². The zero-order chi connectivity index (χ0) is 22.6. The van der Waals surface area contributed by atoms with E-state index in [0.717, 1.165) is 36.0 Å². The van der Waals surface area contributed by atoms with Gasteiger partial charge in [-0.1, -0.05) is 26.3 Å². The number of nitrogens with zero attached hydrogens (tertiary/aromatic N) is 1. The maximum atomic E-state index is 13.9. The summed E-state index contributed by atoms with van der Waals surface area (Å²) in [4.78, 5) is 13.5. The molecule has 1 aromatic carbocycles. The smallest absolute Gasteiger partial charge is 0.157 e. The Labute approximate surface area is 192 Å². The van der Waals surface area contributed by atoms with Crippen LogP contribution in [0.2, 0.25) is 0 Å². The minimum atomic E-state index is -0.496. The van der Waals surface area contributed by atoms with E-state index in [4.69, 9.17) is 11.6 Å². The van der Waals surface area contributed by atoms with Gasteiger partial charge < -0.3 is 10.7 Å². The van der Waals surface area contributed by atoms with E-state index >= 15 is 0 Å². The predicted molar refractivity (Wildman–Crippen MR) is 127 cm³/mol. The number of hydrazine groups is 1. The number of ketones is 1. The van der Waals surface area contributed by atoms with Crippen molar-refractivity contribution in [2.24, 2.45) is 52.7 Å². The third-order valence-corrected chi connectivity index (χ3v) is 10.3. The first-order valence-corrected chi connectivity index (χ1v) is 12.9. The van der Waals surface area contributed by atoms with Gasteiger partial charge in [0.1, 0.15) is 5.82 Å². The fourth-order valence-electron chi connectivity index (χ4n) is 8.76. The van der Waals surface area contributed by atoms with Gasteiger partial charge in [0.05, 0.1) is 17.9 Å². The Morgan fingerprint density at radius 2 is 1.88 bits per heavy atom. The van der Waals surface area contributed by atoms with E-state index in [2.05, 4.69) is 13.8 Å². The van der Waals surface area contributed by atoms with Gasteiger partial charge in [-0.2, -0.15) is 0 Å². The van der Waals surface area contributed by atoms with Crippen molar-refractivity contribution in [2.45, 2.75) is 71.6 Å². The van der Waals surface area contributed by atoms with Gasteiger partial charge in [-0.3, -0.25) is 4.79 Å². The number of hydrogen-bond donors (Lipinski definition) is 2. The molecule has 8 atom stereocenters. The molecule has 0 saturated heterocycles. The zero-order valence-electron chi connectivity index (χ0n) is 19.7. The topological polar surface area (TPSA) is 72.3 Å². The summed E-state index contributed by atoms with van der Waals surface area (Å²) in [5.41, 5.74) is 6.36. The number of halogens is 1. The Hall–Kier alpha value is -1.62. The van der Waals surface area contributed by atoms with Gasteiger partial charge in [-0.05, 0) is 104 Å². The molecule has 5 rings (SSSR count). The van der Waals surface area contributed by atoms with E-state index in [-0.39, 0.29) is 29.3 Å². The van der Waals surface area contributed by atoms with Crippen LogP contribution in [0.25, 0.3) is 0 Å². The number of carbonyl (C=O) groups excluding carboxylic acids is 1. The maximum Gasteiger partial charge on any atom is 0.157 e. The summed E-state index contributed by atoms with van der Waals surface area (Å²) in [5.74, 6) is 11.1. The average Bonchev–Trinajstić information content (AvgIpc) is 3.12. The number of anilines is 2. The number of rotatable bonds is 4. The van der Waals surface area contributed by atoms with Gasteiger partial charge in [0, 0.05) is 5.92 Å². The molecule has 0 spiro atoms. The van der Waals surface area contributed by atoms with E-state index < -0.39 is 5.82 Å². The van der Waals surface area contributed by atoms with Crippen molar-refractivity contribution in [1.82, 2.24) is 0 Å². The molecule has 1 aromatic rings. The van der Waals surface area contributed by atoms with Crippen molar-refractivity contribution in [3.05, 3.63) is 24.0 Å². The Balaban J connectivity index is 1.29. The summed E-state index contributed by atoms with van der Waals surface area (Å²) in [7, 11) is 0. The van der Waals surface area contributed by atoms with Crippen molar-refractivity contribution in [2.75, 3.05) is 17.3 Å². The van der Waals surface area contributed by atoms with E-state index in [1.807, 2.05) is 0 Å². The minimum Gasteiger partial charge on any atom is -0.395 e. The van der Waals surface area contributed by atoms with Crippen LogP contribution in [-0.2, 0) is 4.79 Å². The summed E-state index contributed by atoms with van der Waals surface area (Å²) in [6.45, 7) is 4.92. The molecule has 4 aliphatic rings. The Bertz CT molecular complexity index is 874. The standard InChI is InChI=1S/C27H40FN3O/c1-16-6-8-18-17(14-16)7-9-20-19(18)12-13-27(2)21(20)10-11-22(27)25(32)15-31(30)24-5-3-4-23(28)26(24)29/h3-5,16-22H,6-15,29-30H2,1-2H3. The first-order valence-electron chi connectivity index (χ1n) is 12.9.